The van der Waals surface area contributed by atoms with Crippen LogP contribution in [0.5, 0.6) is 5.75 Å². The molecule has 0 saturated carbocycles. The number of morpholine rings is 1. The molecule has 1 saturated heterocycles. The van der Waals surface area contributed by atoms with E-state index in [1.807, 2.05) is 30.3 Å². The summed E-state index contributed by atoms with van der Waals surface area (Å²) in [6.07, 6.45) is -0.299. The fourth-order valence-electron chi connectivity index (χ4n) is 3.27. The smallest absolute Gasteiger partial charge is 0.266 e. The van der Waals surface area contributed by atoms with Gasteiger partial charge in [0.05, 0.1) is 11.5 Å². The van der Waals surface area contributed by atoms with Gasteiger partial charge >= 0.3 is 0 Å². The molecule has 4 rings (SSSR count). The van der Waals surface area contributed by atoms with E-state index < -0.39 is 22.7 Å². The summed E-state index contributed by atoms with van der Waals surface area (Å²) >= 11 is 0. The summed E-state index contributed by atoms with van der Waals surface area (Å²) in [6, 6.07) is 13.4. The van der Waals surface area contributed by atoms with E-state index in [0.29, 0.717) is 37.2 Å². The Morgan fingerprint density at radius 2 is 2.10 bits per heavy atom. The van der Waals surface area contributed by atoms with Gasteiger partial charge in [0, 0.05) is 24.0 Å². The van der Waals surface area contributed by atoms with Gasteiger partial charge in [-0.2, -0.15) is 0 Å². The van der Waals surface area contributed by atoms with Gasteiger partial charge in [0.2, 0.25) is 0 Å². The van der Waals surface area contributed by atoms with Gasteiger partial charge in [0.25, 0.3) is 5.91 Å². The minimum absolute atomic E-state index is 0.0208. The van der Waals surface area contributed by atoms with Crippen LogP contribution in [-0.2, 0) is 15.7 Å². The van der Waals surface area contributed by atoms with Crippen LogP contribution >= 0.6 is 0 Å². The third-order valence-electron chi connectivity index (χ3n) is 4.65. The van der Waals surface area contributed by atoms with Crippen LogP contribution < -0.4 is 10.5 Å². The van der Waals surface area contributed by atoms with Gasteiger partial charge in [-0.05, 0) is 30.3 Å². The van der Waals surface area contributed by atoms with Gasteiger partial charge in [-0.25, -0.2) is 12.9 Å². The zero-order valence-electron chi connectivity index (χ0n) is 15.5. The monoisotopic (exact) mass is 417 g/mol. The normalized spacial score (nSPS) is 18.6. The fraction of sp³-hybridized carbons (Fsp3) is 0.250. The molecule has 0 aliphatic carbocycles. The molecule has 29 heavy (non-hydrogen) atoms. The highest BCUT2D eigenvalue weighted by molar-refractivity contribution is 7.83. The third-order valence-corrected chi connectivity index (χ3v) is 6.22. The number of halogens is 1. The molecule has 1 aliphatic heterocycles. The molecular formula is C20H20FN3O4S. The summed E-state index contributed by atoms with van der Waals surface area (Å²) < 4.78 is 40.2. The first kappa shape index (κ1) is 19.6. The van der Waals surface area contributed by atoms with Crippen molar-refractivity contribution >= 4 is 27.8 Å². The van der Waals surface area contributed by atoms with Crippen LogP contribution in [0.1, 0.15) is 10.5 Å². The maximum absolute atomic E-state index is 13.8. The lowest BCUT2D eigenvalue weighted by molar-refractivity contribution is -0.0237. The van der Waals surface area contributed by atoms with E-state index in [4.69, 9.17) is 15.2 Å². The summed E-state index contributed by atoms with van der Waals surface area (Å²) in [4.78, 5) is 14.9. The molecule has 3 aromatic rings. The molecule has 7 nitrogen and oxygen atoms in total. The molecule has 1 unspecified atom stereocenters. The molecule has 1 amide bonds. The molecule has 0 radical (unpaired) electrons. The summed E-state index contributed by atoms with van der Waals surface area (Å²) in [7, 11) is -1.72. The van der Waals surface area contributed by atoms with Gasteiger partial charge in [-0.1, -0.05) is 18.2 Å². The van der Waals surface area contributed by atoms with Crippen LogP contribution in [-0.4, -0.2) is 51.8 Å². The molecule has 1 fully saturated rings. The van der Waals surface area contributed by atoms with Crippen LogP contribution in [0, 0.1) is 5.82 Å². The van der Waals surface area contributed by atoms with Gasteiger partial charge < -0.3 is 20.2 Å². The largest absolute Gasteiger partial charge is 0.491 e. The van der Waals surface area contributed by atoms with Crippen molar-refractivity contribution in [1.82, 2.24) is 9.29 Å². The van der Waals surface area contributed by atoms with Crippen molar-refractivity contribution in [2.45, 2.75) is 11.0 Å². The summed E-state index contributed by atoms with van der Waals surface area (Å²) in [5.74, 6) is -0.512. The van der Waals surface area contributed by atoms with Crippen LogP contribution in [0.2, 0.25) is 0 Å². The molecule has 0 bridgehead atoms. The number of carbonyl (C=O) groups excluding carboxylic acids is 1. The second kappa shape index (κ2) is 8.32. The third kappa shape index (κ3) is 4.16. The number of nitrogens with one attached hydrogen (secondary N) is 1. The molecule has 0 spiro atoms. The van der Waals surface area contributed by atoms with Crippen molar-refractivity contribution in [3.63, 3.8) is 0 Å². The minimum Gasteiger partial charge on any atom is -0.491 e. The maximum Gasteiger partial charge on any atom is 0.266 e. The minimum atomic E-state index is -1.72. The number of nitrogens with two attached hydrogens (primary N) is 1. The molecule has 1 aromatic heterocycles. The average Bonchev–Trinajstić information content (AvgIpc) is 3.11. The quantitative estimate of drug-likeness (QED) is 0.643. The Hall–Kier alpha value is -2.75. The van der Waals surface area contributed by atoms with Crippen LogP contribution in [0.4, 0.5) is 4.39 Å². The van der Waals surface area contributed by atoms with Gasteiger partial charge in [0.15, 0.2) is 0 Å². The van der Waals surface area contributed by atoms with Crippen molar-refractivity contribution in [3.05, 3.63) is 60.0 Å². The molecule has 2 aromatic carbocycles. The van der Waals surface area contributed by atoms with Crippen molar-refractivity contribution < 1.29 is 22.9 Å². The number of hydrogen-bond donors (Lipinski definition) is 2. The summed E-state index contributed by atoms with van der Waals surface area (Å²) in [6.45, 7) is 1.38. The Balaban J connectivity index is 1.55. The predicted octanol–water partition coefficient (Wildman–Crippen LogP) is 2.21. The van der Waals surface area contributed by atoms with E-state index in [9.17, 15) is 13.4 Å². The van der Waals surface area contributed by atoms with Gasteiger partial charge in [0.1, 0.15) is 41.0 Å². The Labute approximate surface area is 169 Å². The molecule has 2 atom stereocenters. The molecule has 2 heterocycles. The Kier molecular flexibility index (Phi) is 5.61. The lowest BCUT2D eigenvalue weighted by Crippen LogP contribution is -2.45. The van der Waals surface area contributed by atoms with Crippen LogP contribution in [0.25, 0.3) is 10.9 Å². The number of H-pyrrole nitrogens is 1. The standard InChI is InChI=1S/C20H20FN3O4S/c21-13-6-7-17-16(10-13)19(18(23-17)20(22)25)29(26)24-8-9-27-15(11-24)12-28-14-4-2-1-3-5-14/h1-7,10,15,23H,8-9,11-12H2,(H2,22,25)/t15-,29?/m0/s1. The highest BCUT2D eigenvalue weighted by Crippen LogP contribution is 2.29. The van der Waals surface area contributed by atoms with Crippen molar-refractivity contribution in [2.75, 3.05) is 26.3 Å². The summed E-state index contributed by atoms with van der Waals surface area (Å²) in [5.41, 5.74) is 5.98. The SMILES string of the molecule is NC(=O)c1[nH]c2ccc(F)cc2c1S(=O)N1CCO[C@H](COc2ccccc2)C1. The predicted molar refractivity (Wildman–Crippen MR) is 106 cm³/mol. The molecule has 152 valence electrons. The zero-order chi connectivity index (χ0) is 20.4. The fourth-order valence-corrected chi connectivity index (χ4v) is 4.76. The molecule has 9 heteroatoms. The van der Waals surface area contributed by atoms with Gasteiger partial charge in [-0.15, -0.1) is 0 Å². The number of benzene rings is 2. The highest BCUT2D eigenvalue weighted by atomic mass is 32.2. The second-order valence-electron chi connectivity index (χ2n) is 6.64. The number of ether oxygens (including phenoxy) is 2. The van der Waals surface area contributed by atoms with E-state index >= 15 is 0 Å². The van der Waals surface area contributed by atoms with Crippen molar-refractivity contribution in [2.24, 2.45) is 5.73 Å². The number of para-hydroxylation sites is 1. The number of fused-ring (bicyclic) bond motifs is 1. The van der Waals surface area contributed by atoms with Crippen LogP contribution in [0.3, 0.4) is 0 Å². The number of rotatable bonds is 6. The van der Waals surface area contributed by atoms with Crippen LogP contribution in [0.15, 0.2) is 53.4 Å². The number of nitrogens with zero attached hydrogens (tertiary/aromatic N) is 1. The number of aromatic amines is 1. The number of hydrogen-bond acceptors (Lipinski definition) is 4. The average molecular weight is 417 g/mol. The molecule has 3 N–H and O–H groups in total. The number of carbonyl (C=O) groups is 1. The number of aromatic nitrogens is 1. The lowest BCUT2D eigenvalue weighted by Gasteiger charge is -2.31. The van der Waals surface area contributed by atoms with E-state index in [1.54, 1.807) is 4.31 Å². The van der Waals surface area contributed by atoms with E-state index in [1.165, 1.54) is 18.2 Å². The molecular weight excluding hydrogens is 397 g/mol. The zero-order valence-corrected chi connectivity index (χ0v) is 16.3. The maximum atomic E-state index is 13.8. The molecule has 1 aliphatic rings. The van der Waals surface area contributed by atoms with Crippen molar-refractivity contribution in [1.29, 1.82) is 0 Å². The highest BCUT2D eigenvalue weighted by Gasteiger charge is 2.30. The Morgan fingerprint density at radius 3 is 2.86 bits per heavy atom. The van der Waals surface area contributed by atoms with E-state index in [2.05, 4.69) is 4.98 Å². The second-order valence-corrected chi connectivity index (χ2v) is 8.06. The number of amides is 1. The first-order valence-electron chi connectivity index (χ1n) is 9.10. The van der Waals surface area contributed by atoms with E-state index in [-0.39, 0.29) is 16.7 Å². The lowest BCUT2D eigenvalue weighted by atomic mass is 10.2. The first-order valence-corrected chi connectivity index (χ1v) is 10.2. The van der Waals surface area contributed by atoms with Crippen molar-refractivity contribution in [3.8, 4) is 5.75 Å². The Morgan fingerprint density at radius 1 is 1.31 bits per heavy atom. The first-order chi connectivity index (χ1) is 14.0. The van der Waals surface area contributed by atoms with Gasteiger partial charge in [-0.3, -0.25) is 4.79 Å². The Bertz CT molecular complexity index is 1060. The number of primary amides is 1. The topological polar surface area (TPSA) is 97.7 Å². The summed E-state index contributed by atoms with van der Waals surface area (Å²) in [5, 5.41) is 0.376. The van der Waals surface area contributed by atoms with E-state index in [0.717, 1.165) is 5.75 Å².